The highest BCUT2D eigenvalue weighted by atomic mass is 35.5. The highest BCUT2D eigenvalue weighted by Crippen LogP contribution is 2.29. The molecule has 0 bridgehead atoms. The van der Waals surface area contributed by atoms with Crippen molar-refractivity contribution in [2.45, 2.75) is 18.6 Å². The number of carbonyl (C=O) groups is 1. The number of thioether (sulfide) groups is 1. The summed E-state index contributed by atoms with van der Waals surface area (Å²) in [4.78, 5) is 11.9. The third-order valence-electron chi connectivity index (χ3n) is 3.28. The lowest BCUT2D eigenvalue weighted by molar-refractivity contribution is -0.137. The van der Waals surface area contributed by atoms with Gasteiger partial charge in [0, 0.05) is 0 Å². The van der Waals surface area contributed by atoms with Gasteiger partial charge < -0.3 is 11.1 Å². The maximum Gasteiger partial charge on any atom is 0.416 e. The predicted octanol–water partition coefficient (Wildman–Crippen LogP) is 3.33. The normalized spacial score (nSPS) is 12.4. The number of rotatable bonds is 6. The average Bonchev–Trinajstić information content (AvgIpc) is 3.00. The smallest absolute Gasteiger partial charge is 0.322 e. The second-order valence-electron chi connectivity index (χ2n) is 5.10. The molecule has 1 unspecified atom stereocenters. The Bertz CT molecular complexity index is 691. The van der Waals surface area contributed by atoms with Gasteiger partial charge in [-0.3, -0.25) is 4.79 Å². The monoisotopic (exact) mass is 394 g/mol. The summed E-state index contributed by atoms with van der Waals surface area (Å²) < 4.78 is 39.0. The zero-order valence-corrected chi connectivity index (χ0v) is 14.9. The standard InChI is InChI=1S/C15H17F3N4OS.ClH/c1-24-7-6-13(19)14(23)21-11-8-20-22(9-11)12-4-2-10(3-5-12)15(16,17)18;/h2-5,8-9,13H,6-7,19H2,1H3,(H,21,23);1H. The maximum atomic E-state index is 12.6. The van der Waals surface area contributed by atoms with E-state index in [0.717, 1.165) is 17.9 Å². The summed E-state index contributed by atoms with van der Waals surface area (Å²) in [5.74, 6) is 0.454. The van der Waals surface area contributed by atoms with Gasteiger partial charge in [-0.25, -0.2) is 4.68 Å². The number of halogens is 4. The van der Waals surface area contributed by atoms with Crippen LogP contribution in [-0.4, -0.2) is 33.7 Å². The van der Waals surface area contributed by atoms with Crippen molar-refractivity contribution in [1.82, 2.24) is 9.78 Å². The predicted molar refractivity (Wildman–Crippen MR) is 95.4 cm³/mol. The van der Waals surface area contributed by atoms with Crippen LogP contribution in [0.3, 0.4) is 0 Å². The summed E-state index contributed by atoms with van der Waals surface area (Å²) in [6.45, 7) is 0. The largest absolute Gasteiger partial charge is 0.416 e. The van der Waals surface area contributed by atoms with Crippen molar-refractivity contribution in [3.05, 3.63) is 42.2 Å². The Balaban J connectivity index is 0.00000312. The number of carbonyl (C=O) groups excluding carboxylic acids is 1. The number of anilines is 1. The second kappa shape index (κ2) is 9.12. The molecule has 1 atom stereocenters. The molecule has 1 aromatic heterocycles. The molecular weight excluding hydrogens is 377 g/mol. The van der Waals surface area contributed by atoms with Gasteiger partial charge in [0.25, 0.3) is 0 Å². The van der Waals surface area contributed by atoms with Gasteiger partial charge in [-0.05, 0) is 42.7 Å². The fourth-order valence-corrected chi connectivity index (χ4v) is 2.43. The SMILES string of the molecule is CSCCC(N)C(=O)Nc1cnn(-c2ccc(C(F)(F)F)cc2)c1.Cl. The Kier molecular flexibility index (Phi) is 7.78. The Hall–Kier alpha value is -1.71. The molecule has 0 saturated heterocycles. The summed E-state index contributed by atoms with van der Waals surface area (Å²) in [5.41, 5.74) is 5.92. The number of nitrogens with zero attached hydrogens (tertiary/aromatic N) is 2. The topological polar surface area (TPSA) is 72.9 Å². The summed E-state index contributed by atoms with van der Waals surface area (Å²) in [6.07, 6.45) is 1.03. The molecule has 2 aromatic rings. The summed E-state index contributed by atoms with van der Waals surface area (Å²) >= 11 is 1.60. The first-order valence-corrected chi connectivity index (χ1v) is 8.48. The van der Waals surface area contributed by atoms with Crippen molar-refractivity contribution in [3.63, 3.8) is 0 Å². The van der Waals surface area contributed by atoms with E-state index in [0.29, 0.717) is 17.8 Å². The van der Waals surface area contributed by atoms with Gasteiger partial charge in [0.2, 0.25) is 5.91 Å². The van der Waals surface area contributed by atoms with E-state index in [-0.39, 0.29) is 18.3 Å². The minimum Gasteiger partial charge on any atom is -0.322 e. The molecule has 25 heavy (non-hydrogen) atoms. The van der Waals surface area contributed by atoms with Gasteiger partial charge in [0.05, 0.1) is 35.4 Å². The lowest BCUT2D eigenvalue weighted by Gasteiger charge is -2.10. The van der Waals surface area contributed by atoms with E-state index in [1.165, 1.54) is 29.2 Å². The molecule has 0 fully saturated rings. The molecule has 1 amide bonds. The van der Waals surface area contributed by atoms with Crippen molar-refractivity contribution >= 4 is 35.8 Å². The van der Waals surface area contributed by atoms with Crippen LogP contribution >= 0.6 is 24.2 Å². The van der Waals surface area contributed by atoms with Crippen LogP contribution in [0.4, 0.5) is 18.9 Å². The molecule has 0 radical (unpaired) electrons. The zero-order valence-electron chi connectivity index (χ0n) is 13.3. The number of nitrogens with two attached hydrogens (primary N) is 1. The van der Waals surface area contributed by atoms with E-state index in [2.05, 4.69) is 10.4 Å². The van der Waals surface area contributed by atoms with Crippen LogP contribution in [0.25, 0.3) is 5.69 Å². The van der Waals surface area contributed by atoms with Gasteiger partial charge in [0.1, 0.15) is 0 Å². The molecule has 1 aromatic carbocycles. The Morgan fingerprint density at radius 1 is 1.36 bits per heavy atom. The lowest BCUT2D eigenvalue weighted by Crippen LogP contribution is -2.35. The average molecular weight is 395 g/mol. The fourth-order valence-electron chi connectivity index (χ4n) is 1.94. The molecule has 0 saturated carbocycles. The zero-order chi connectivity index (χ0) is 17.7. The van der Waals surface area contributed by atoms with E-state index >= 15 is 0 Å². The molecule has 3 N–H and O–H groups in total. The highest BCUT2D eigenvalue weighted by Gasteiger charge is 2.30. The van der Waals surface area contributed by atoms with E-state index < -0.39 is 17.8 Å². The third-order valence-corrected chi connectivity index (χ3v) is 3.92. The Labute approximate surface area is 153 Å². The Morgan fingerprint density at radius 3 is 2.56 bits per heavy atom. The van der Waals surface area contributed by atoms with Crippen LogP contribution in [0, 0.1) is 0 Å². The molecule has 0 aliphatic rings. The van der Waals surface area contributed by atoms with Crippen molar-refractivity contribution in [3.8, 4) is 5.69 Å². The van der Waals surface area contributed by atoms with Crippen LogP contribution in [0.2, 0.25) is 0 Å². The summed E-state index contributed by atoms with van der Waals surface area (Å²) in [6, 6.07) is 3.96. The van der Waals surface area contributed by atoms with Crippen LogP contribution in [0.1, 0.15) is 12.0 Å². The van der Waals surface area contributed by atoms with Crippen molar-refractivity contribution in [2.24, 2.45) is 5.73 Å². The first kappa shape index (κ1) is 21.3. The number of alkyl halides is 3. The molecule has 0 aliphatic carbocycles. The van der Waals surface area contributed by atoms with Crippen molar-refractivity contribution in [1.29, 1.82) is 0 Å². The minimum absolute atomic E-state index is 0. The van der Waals surface area contributed by atoms with Crippen LogP contribution < -0.4 is 11.1 Å². The second-order valence-corrected chi connectivity index (χ2v) is 6.08. The summed E-state index contributed by atoms with van der Waals surface area (Å²) in [5, 5.41) is 6.67. The van der Waals surface area contributed by atoms with E-state index in [4.69, 9.17) is 5.73 Å². The highest BCUT2D eigenvalue weighted by molar-refractivity contribution is 7.98. The molecule has 2 rings (SSSR count). The third kappa shape index (κ3) is 5.94. The number of nitrogens with one attached hydrogen (secondary N) is 1. The molecule has 0 aliphatic heterocycles. The van der Waals surface area contributed by atoms with Gasteiger partial charge >= 0.3 is 6.18 Å². The Morgan fingerprint density at radius 2 is 2.00 bits per heavy atom. The van der Waals surface area contributed by atoms with Crippen molar-refractivity contribution < 1.29 is 18.0 Å². The number of benzene rings is 1. The van der Waals surface area contributed by atoms with Gasteiger partial charge in [0.15, 0.2) is 0 Å². The number of hydrogen-bond acceptors (Lipinski definition) is 4. The molecule has 10 heteroatoms. The first-order chi connectivity index (χ1) is 11.3. The molecule has 138 valence electrons. The molecular formula is C15H18ClF3N4OS. The van der Waals surface area contributed by atoms with Gasteiger partial charge in [-0.1, -0.05) is 0 Å². The van der Waals surface area contributed by atoms with Crippen LogP contribution in [0.5, 0.6) is 0 Å². The lowest BCUT2D eigenvalue weighted by atomic mass is 10.2. The van der Waals surface area contributed by atoms with E-state index in [9.17, 15) is 18.0 Å². The molecule has 5 nitrogen and oxygen atoms in total. The maximum absolute atomic E-state index is 12.6. The first-order valence-electron chi connectivity index (χ1n) is 7.09. The number of hydrogen-bond donors (Lipinski definition) is 2. The quantitative estimate of drug-likeness (QED) is 0.788. The summed E-state index contributed by atoms with van der Waals surface area (Å²) in [7, 11) is 0. The van der Waals surface area contributed by atoms with E-state index in [1.54, 1.807) is 11.8 Å². The fraction of sp³-hybridized carbons (Fsp3) is 0.333. The van der Waals surface area contributed by atoms with Gasteiger partial charge in [-0.2, -0.15) is 30.0 Å². The van der Waals surface area contributed by atoms with Crippen LogP contribution in [-0.2, 0) is 11.0 Å². The number of aromatic nitrogens is 2. The molecule has 0 spiro atoms. The minimum atomic E-state index is -4.38. The van der Waals surface area contributed by atoms with Gasteiger partial charge in [-0.15, -0.1) is 12.4 Å². The van der Waals surface area contributed by atoms with Crippen molar-refractivity contribution in [2.75, 3.05) is 17.3 Å². The molecule has 1 heterocycles. The number of amides is 1. The van der Waals surface area contributed by atoms with E-state index in [1.807, 2.05) is 6.26 Å². The van der Waals surface area contributed by atoms with Crippen LogP contribution in [0.15, 0.2) is 36.7 Å².